The summed E-state index contributed by atoms with van der Waals surface area (Å²) < 4.78 is 10.4. The Labute approximate surface area is 140 Å². The van der Waals surface area contributed by atoms with Gasteiger partial charge >= 0.3 is 11.8 Å². The minimum atomic E-state index is -0.884. The molecule has 0 radical (unpaired) electrons. The van der Waals surface area contributed by atoms with Gasteiger partial charge in [0, 0.05) is 13.1 Å². The molecule has 8 nitrogen and oxygen atoms in total. The average Bonchev–Trinajstić information content (AvgIpc) is 2.61. The molecule has 1 rings (SSSR count). The summed E-state index contributed by atoms with van der Waals surface area (Å²) in [5, 5.41) is 2.50. The molecule has 0 bridgehead atoms. The van der Waals surface area contributed by atoms with Gasteiger partial charge in [-0.2, -0.15) is 0 Å². The van der Waals surface area contributed by atoms with E-state index in [0.29, 0.717) is 37.3 Å². The fourth-order valence-electron chi connectivity index (χ4n) is 2.03. The first kappa shape index (κ1) is 19.4. The van der Waals surface area contributed by atoms with Gasteiger partial charge in [0.1, 0.15) is 0 Å². The first-order valence-corrected chi connectivity index (χ1v) is 7.52. The van der Waals surface area contributed by atoms with E-state index in [2.05, 4.69) is 5.32 Å². The van der Waals surface area contributed by atoms with E-state index in [1.807, 2.05) is 6.07 Å². The highest BCUT2D eigenvalue weighted by atomic mass is 16.5. The highest BCUT2D eigenvalue weighted by Gasteiger charge is 2.20. The Kier molecular flexibility index (Phi) is 8.28. The largest absolute Gasteiger partial charge is 0.493 e. The van der Waals surface area contributed by atoms with Gasteiger partial charge in [-0.1, -0.05) is 6.07 Å². The molecule has 24 heavy (non-hydrogen) atoms. The van der Waals surface area contributed by atoms with Crippen LogP contribution in [0.15, 0.2) is 18.2 Å². The molecule has 0 aliphatic heterocycles. The summed E-state index contributed by atoms with van der Waals surface area (Å²) in [6.07, 6.45) is 1.29. The Morgan fingerprint density at radius 2 is 1.96 bits per heavy atom. The van der Waals surface area contributed by atoms with Crippen molar-refractivity contribution in [1.82, 2.24) is 10.2 Å². The fourth-order valence-corrected chi connectivity index (χ4v) is 2.03. The van der Waals surface area contributed by atoms with E-state index in [0.717, 1.165) is 10.5 Å². The number of benzene rings is 1. The molecule has 0 heterocycles. The van der Waals surface area contributed by atoms with Gasteiger partial charge in [0.15, 0.2) is 11.5 Å². The Hall–Kier alpha value is -2.61. The Balaban J connectivity index is 2.53. The summed E-state index contributed by atoms with van der Waals surface area (Å²) in [6, 6.07) is 5.40. The molecule has 3 amide bonds. The molecule has 0 aliphatic carbocycles. The highest BCUT2D eigenvalue weighted by Crippen LogP contribution is 2.27. The minimum Gasteiger partial charge on any atom is -0.493 e. The van der Waals surface area contributed by atoms with Gasteiger partial charge in [0.2, 0.25) is 6.41 Å². The zero-order valence-corrected chi connectivity index (χ0v) is 13.9. The molecule has 8 heteroatoms. The van der Waals surface area contributed by atoms with E-state index in [9.17, 15) is 14.4 Å². The number of imide groups is 1. The van der Waals surface area contributed by atoms with Crippen molar-refractivity contribution in [2.45, 2.75) is 12.8 Å². The summed E-state index contributed by atoms with van der Waals surface area (Å²) in [4.78, 5) is 35.3. The number of nitrogens with zero attached hydrogens (tertiary/aromatic N) is 1. The number of nitrogens with one attached hydrogen (secondary N) is 1. The molecule has 0 saturated heterocycles. The van der Waals surface area contributed by atoms with Crippen molar-refractivity contribution in [3.63, 3.8) is 0 Å². The van der Waals surface area contributed by atoms with Crippen LogP contribution in [-0.4, -0.2) is 57.0 Å². The van der Waals surface area contributed by atoms with E-state index in [-0.39, 0.29) is 13.1 Å². The van der Waals surface area contributed by atoms with Crippen molar-refractivity contribution in [2.24, 2.45) is 5.73 Å². The van der Waals surface area contributed by atoms with Crippen molar-refractivity contribution in [1.29, 1.82) is 0 Å². The monoisotopic (exact) mass is 337 g/mol. The van der Waals surface area contributed by atoms with Crippen LogP contribution in [0.2, 0.25) is 0 Å². The second-order valence-corrected chi connectivity index (χ2v) is 4.94. The fraction of sp³-hybridized carbons (Fsp3) is 0.438. The minimum absolute atomic E-state index is 0.127. The predicted molar refractivity (Wildman–Crippen MR) is 87.7 cm³/mol. The van der Waals surface area contributed by atoms with Crippen molar-refractivity contribution >= 4 is 18.2 Å². The van der Waals surface area contributed by atoms with Gasteiger partial charge in [-0.15, -0.1) is 0 Å². The summed E-state index contributed by atoms with van der Waals surface area (Å²) in [6.45, 7) is 0.712. The van der Waals surface area contributed by atoms with Gasteiger partial charge in [-0.3, -0.25) is 19.3 Å². The molecule has 0 aliphatic rings. The molecular formula is C16H23N3O5. The molecule has 0 aromatic heterocycles. The van der Waals surface area contributed by atoms with Crippen molar-refractivity contribution in [3.8, 4) is 11.5 Å². The van der Waals surface area contributed by atoms with Crippen LogP contribution in [0.4, 0.5) is 0 Å². The van der Waals surface area contributed by atoms with Gasteiger partial charge in [-0.25, -0.2) is 0 Å². The second-order valence-electron chi connectivity index (χ2n) is 4.94. The number of methoxy groups -OCH3 is 2. The molecule has 1 aromatic carbocycles. The molecule has 1 aromatic rings. The van der Waals surface area contributed by atoms with E-state index in [1.165, 1.54) is 7.11 Å². The maximum atomic E-state index is 11.8. The SMILES string of the molecule is COc1ccc(CCNC(=O)C(=O)N(C=O)CCCN)cc1OC. The normalized spacial score (nSPS) is 9.96. The van der Waals surface area contributed by atoms with Crippen LogP contribution in [0, 0.1) is 0 Å². The van der Waals surface area contributed by atoms with Crippen LogP contribution in [0.3, 0.4) is 0 Å². The second kappa shape index (κ2) is 10.2. The first-order chi connectivity index (χ1) is 11.6. The first-order valence-electron chi connectivity index (χ1n) is 7.52. The number of amides is 3. The smallest absolute Gasteiger partial charge is 0.318 e. The number of rotatable bonds is 9. The van der Waals surface area contributed by atoms with Crippen LogP contribution < -0.4 is 20.5 Å². The standard InChI is InChI=1S/C16H23N3O5/c1-23-13-5-4-12(10-14(13)24-2)6-8-18-15(21)16(22)19(11-20)9-3-7-17/h4-5,10-11H,3,6-9,17H2,1-2H3,(H,18,21). The number of hydrogen-bond donors (Lipinski definition) is 2. The van der Waals surface area contributed by atoms with Crippen molar-refractivity contribution in [2.75, 3.05) is 33.9 Å². The Morgan fingerprint density at radius 3 is 2.54 bits per heavy atom. The van der Waals surface area contributed by atoms with E-state index < -0.39 is 11.8 Å². The van der Waals surface area contributed by atoms with Gasteiger partial charge in [-0.05, 0) is 37.1 Å². The lowest BCUT2D eigenvalue weighted by Crippen LogP contribution is -2.43. The summed E-state index contributed by atoms with van der Waals surface area (Å²) in [5.41, 5.74) is 6.24. The molecule has 0 saturated carbocycles. The molecule has 0 spiro atoms. The van der Waals surface area contributed by atoms with E-state index >= 15 is 0 Å². The zero-order valence-electron chi connectivity index (χ0n) is 13.9. The quantitative estimate of drug-likeness (QED) is 0.473. The maximum Gasteiger partial charge on any atom is 0.318 e. The Morgan fingerprint density at radius 1 is 1.25 bits per heavy atom. The molecule has 0 fully saturated rings. The number of nitrogens with two attached hydrogens (primary N) is 1. The van der Waals surface area contributed by atoms with Crippen LogP contribution in [-0.2, 0) is 20.8 Å². The molecule has 0 unspecified atom stereocenters. The highest BCUT2D eigenvalue weighted by molar-refractivity contribution is 6.36. The van der Waals surface area contributed by atoms with E-state index in [4.69, 9.17) is 15.2 Å². The Bertz CT molecular complexity index is 577. The molecule has 132 valence electrons. The number of hydrogen-bond acceptors (Lipinski definition) is 6. The molecule has 0 atom stereocenters. The van der Waals surface area contributed by atoms with Gasteiger partial charge in [0.25, 0.3) is 0 Å². The van der Waals surface area contributed by atoms with Crippen molar-refractivity contribution in [3.05, 3.63) is 23.8 Å². The average molecular weight is 337 g/mol. The van der Waals surface area contributed by atoms with Crippen LogP contribution in [0.5, 0.6) is 11.5 Å². The van der Waals surface area contributed by atoms with Gasteiger partial charge < -0.3 is 20.5 Å². The number of carbonyl (C=O) groups excluding carboxylic acids is 3. The third kappa shape index (κ3) is 5.54. The van der Waals surface area contributed by atoms with Crippen molar-refractivity contribution < 1.29 is 23.9 Å². The third-order valence-corrected chi connectivity index (χ3v) is 3.33. The molecular weight excluding hydrogens is 314 g/mol. The third-order valence-electron chi connectivity index (χ3n) is 3.33. The summed E-state index contributed by atoms with van der Waals surface area (Å²) in [7, 11) is 3.09. The molecule has 3 N–H and O–H groups in total. The van der Waals surface area contributed by atoms with Crippen LogP contribution in [0.1, 0.15) is 12.0 Å². The van der Waals surface area contributed by atoms with E-state index in [1.54, 1.807) is 19.2 Å². The summed E-state index contributed by atoms with van der Waals surface area (Å²) in [5.74, 6) is -0.501. The topological polar surface area (TPSA) is 111 Å². The number of ether oxygens (including phenoxy) is 2. The maximum absolute atomic E-state index is 11.8. The van der Waals surface area contributed by atoms with Crippen LogP contribution in [0.25, 0.3) is 0 Å². The lowest BCUT2D eigenvalue weighted by Gasteiger charge is -2.14. The summed E-state index contributed by atoms with van der Waals surface area (Å²) >= 11 is 0. The lowest BCUT2D eigenvalue weighted by molar-refractivity contribution is -0.148. The van der Waals surface area contributed by atoms with Gasteiger partial charge in [0.05, 0.1) is 14.2 Å². The number of carbonyl (C=O) groups is 3. The van der Waals surface area contributed by atoms with Crippen LogP contribution >= 0.6 is 0 Å². The predicted octanol–water partition coefficient (Wildman–Crippen LogP) is -0.304. The lowest BCUT2D eigenvalue weighted by atomic mass is 10.1. The zero-order chi connectivity index (χ0) is 17.9.